The van der Waals surface area contributed by atoms with E-state index >= 15 is 0 Å². The van der Waals surface area contributed by atoms with Crippen LogP contribution in [0.2, 0.25) is 0 Å². The van der Waals surface area contributed by atoms with Crippen molar-refractivity contribution in [3.8, 4) is 23.6 Å². The molecule has 1 aromatic carbocycles. The summed E-state index contributed by atoms with van der Waals surface area (Å²) >= 11 is 1.03. The number of halogens is 1. The minimum absolute atomic E-state index is 0.0682. The summed E-state index contributed by atoms with van der Waals surface area (Å²) in [4.78, 5) is 49.6. The number of anilines is 1. The Morgan fingerprint density at radius 2 is 1.93 bits per heavy atom. The van der Waals surface area contributed by atoms with E-state index < -0.39 is 24.1 Å². The van der Waals surface area contributed by atoms with Gasteiger partial charge in [-0.3, -0.25) is 14.4 Å². The molecule has 2 aromatic rings. The van der Waals surface area contributed by atoms with Crippen molar-refractivity contribution in [3.63, 3.8) is 0 Å². The number of carbonyl (C=O) groups excluding carboxylic acids is 3. The van der Waals surface area contributed by atoms with Gasteiger partial charge in [0.05, 0.1) is 5.92 Å². The van der Waals surface area contributed by atoms with Crippen LogP contribution in [0.5, 0.6) is 0 Å². The van der Waals surface area contributed by atoms with Crippen LogP contribution in [0.15, 0.2) is 24.3 Å². The molecule has 2 amide bonds. The summed E-state index contributed by atoms with van der Waals surface area (Å²) in [5.74, 6) is 1.43. The number of piperazine rings is 1. The number of Topliss-reactive ketones (excluding diaryl/α,β-unsaturated/α-hetero) is 1. The van der Waals surface area contributed by atoms with Gasteiger partial charge in [-0.2, -0.15) is 4.39 Å². The molecule has 3 aliphatic rings. The first-order valence-corrected chi connectivity index (χ1v) is 14.4. The third kappa shape index (κ3) is 5.61. The number of ketones is 1. The lowest BCUT2D eigenvalue weighted by molar-refractivity contribution is -0.138. The summed E-state index contributed by atoms with van der Waals surface area (Å²) in [6.07, 6.45) is 5.53. The maximum absolute atomic E-state index is 14.8. The van der Waals surface area contributed by atoms with Crippen LogP contribution in [0.3, 0.4) is 0 Å². The van der Waals surface area contributed by atoms with Crippen molar-refractivity contribution in [1.82, 2.24) is 20.1 Å². The van der Waals surface area contributed by atoms with E-state index in [2.05, 4.69) is 33.1 Å². The second kappa shape index (κ2) is 11.6. The van der Waals surface area contributed by atoms with Crippen LogP contribution in [-0.2, 0) is 14.3 Å². The third-order valence-corrected chi connectivity index (χ3v) is 8.67. The highest BCUT2D eigenvalue weighted by molar-refractivity contribution is 7.14. The molecule has 4 atom stereocenters. The molecule has 3 fully saturated rings. The highest BCUT2D eigenvalue weighted by Gasteiger charge is 2.52. The molecule has 40 heavy (non-hydrogen) atoms. The van der Waals surface area contributed by atoms with Crippen LogP contribution >= 0.6 is 11.3 Å². The van der Waals surface area contributed by atoms with E-state index in [9.17, 15) is 18.8 Å². The Morgan fingerprint density at radius 1 is 1.23 bits per heavy atom. The van der Waals surface area contributed by atoms with E-state index in [0.717, 1.165) is 37.5 Å². The number of thiazole rings is 1. The second-order valence-corrected chi connectivity index (χ2v) is 12.0. The number of nitrogens with zero attached hydrogens (tertiary/aromatic N) is 4. The number of amides is 2. The van der Waals surface area contributed by atoms with Crippen molar-refractivity contribution in [2.45, 2.75) is 38.5 Å². The summed E-state index contributed by atoms with van der Waals surface area (Å²) in [6, 6.07) is 4.98. The number of fused-ring (bicyclic) bond motifs is 1. The molecule has 0 spiro atoms. The van der Waals surface area contributed by atoms with Gasteiger partial charge >= 0.3 is 0 Å². The molecule has 0 radical (unpaired) electrons. The Labute approximate surface area is 237 Å². The first-order chi connectivity index (χ1) is 19.2. The molecule has 1 N–H and O–H groups in total. The fourth-order valence-electron chi connectivity index (χ4n) is 5.55. The van der Waals surface area contributed by atoms with E-state index in [1.165, 1.54) is 4.90 Å². The number of rotatable bonds is 7. The highest BCUT2D eigenvalue weighted by atomic mass is 32.1. The normalized spacial score (nSPS) is 23.8. The average molecular weight is 568 g/mol. The molecule has 0 bridgehead atoms. The van der Waals surface area contributed by atoms with E-state index in [1.807, 2.05) is 13.8 Å². The van der Waals surface area contributed by atoms with Crippen molar-refractivity contribution >= 4 is 34.1 Å². The summed E-state index contributed by atoms with van der Waals surface area (Å²) in [5, 5.41) is 3.14. The molecule has 9 nitrogen and oxygen atoms in total. The van der Waals surface area contributed by atoms with Gasteiger partial charge in [-0.05, 0) is 31.5 Å². The van der Waals surface area contributed by atoms with Gasteiger partial charge in [0.1, 0.15) is 30.5 Å². The van der Waals surface area contributed by atoms with E-state index in [1.54, 1.807) is 24.3 Å². The monoisotopic (exact) mass is 567 g/mol. The predicted molar refractivity (Wildman–Crippen MR) is 150 cm³/mol. The van der Waals surface area contributed by atoms with Gasteiger partial charge in [-0.25, -0.2) is 4.98 Å². The van der Waals surface area contributed by atoms with E-state index in [-0.39, 0.29) is 47.5 Å². The van der Waals surface area contributed by atoms with Crippen molar-refractivity contribution in [3.05, 3.63) is 35.0 Å². The van der Waals surface area contributed by atoms with Crippen LogP contribution in [0.4, 0.5) is 9.52 Å². The molecule has 1 unspecified atom stereocenters. The summed E-state index contributed by atoms with van der Waals surface area (Å²) in [5.41, 5.74) is 1.17. The largest absolute Gasteiger partial charge is 0.366 e. The zero-order valence-corrected chi connectivity index (χ0v) is 23.7. The first kappa shape index (κ1) is 28.2. The SMILES string of the molecule is C#C[C@@H]1CN(C(=O)[C@H](CC(C)C)NC(=O)c2ccc(-c3nc(N4CCN(C)CC4)sc3F)cc2)C2C(=O)CO[C@@H]21. The van der Waals surface area contributed by atoms with Gasteiger partial charge in [-0.15, -0.1) is 6.42 Å². The molecule has 3 saturated heterocycles. The Hall–Kier alpha value is -3.33. The summed E-state index contributed by atoms with van der Waals surface area (Å²) in [7, 11) is 2.06. The van der Waals surface area contributed by atoms with Gasteiger partial charge in [0, 0.05) is 43.9 Å². The number of likely N-dealkylation sites (N-methyl/N-ethyl adjacent to an activating group) is 1. The number of terminal acetylenes is 1. The predicted octanol–water partition coefficient (Wildman–Crippen LogP) is 2.27. The molecule has 3 aliphatic heterocycles. The van der Waals surface area contributed by atoms with E-state index in [0.29, 0.717) is 22.7 Å². The highest BCUT2D eigenvalue weighted by Crippen LogP contribution is 2.33. The average Bonchev–Trinajstić information content (AvgIpc) is 3.62. The quantitative estimate of drug-likeness (QED) is 0.513. The molecule has 212 valence electrons. The zero-order valence-electron chi connectivity index (χ0n) is 22.9. The molecule has 11 heteroatoms. The molecular formula is C29H34FN5O4S. The number of nitrogens with one attached hydrogen (secondary N) is 1. The van der Waals surface area contributed by atoms with Gasteiger partial charge in [0.15, 0.2) is 10.9 Å². The number of hydrogen-bond donors (Lipinski definition) is 1. The molecule has 0 aliphatic carbocycles. The van der Waals surface area contributed by atoms with E-state index in [4.69, 9.17) is 11.2 Å². The Morgan fingerprint density at radius 3 is 2.58 bits per heavy atom. The number of ether oxygens (including phenoxy) is 1. The number of benzene rings is 1. The third-order valence-electron chi connectivity index (χ3n) is 7.76. The Bertz CT molecular complexity index is 1310. The minimum Gasteiger partial charge on any atom is -0.366 e. The topological polar surface area (TPSA) is 95.1 Å². The van der Waals surface area contributed by atoms with Crippen LogP contribution in [0, 0.1) is 29.3 Å². The summed E-state index contributed by atoms with van der Waals surface area (Å²) < 4.78 is 20.4. The number of hydrogen-bond acceptors (Lipinski definition) is 8. The molecule has 0 saturated carbocycles. The number of aromatic nitrogens is 1. The number of likely N-dealkylation sites (tertiary alicyclic amines) is 1. The second-order valence-electron chi connectivity index (χ2n) is 11.1. The van der Waals surface area contributed by atoms with Gasteiger partial charge in [0.25, 0.3) is 5.91 Å². The zero-order chi connectivity index (χ0) is 28.6. The van der Waals surface area contributed by atoms with Crippen LogP contribution in [-0.4, -0.2) is 96.9 Å². The molecule has 1 aromatic heterocycles. The smallest absolute Gasteiger partial charge is 0.251 e. The lowest BCUT2D eigenvalue weighted by Crippen LogP contribution is -2.52. The lowest BCUT2D eigenvalue weighted by Gasteiger charge is -2.31. The maximum atomic E-state index is 14.8. The first-order valence-electron chi connectivity index (χ1n) is 13.6. The Kier molecular flexibility index (Phi) is 8.21. The molecular weight excluding hydrogens is 533 g/mol. The molecule has 4 heterocycles. The number of carbonyl (C=O) groups is 3. The maximum Gasteiger partial charge on any atom is 0.251 e. The molecule has 5 rings (SSSR count). The lowest BCUT2D eigenvalue weighted by atomic mass is 10.0. The van der Waals surface area contributed by atoms with Crippen molar-refractivity contribution in [2.24, 2.45) is 11.8 Å². The van der Waals surface area contributed by atoms with Crippen molar-refractivity contribution in [2.75, 3.05) is 51.3 Å². The standard InChI is InChI=1S/C29H34FN5O4S/c1-5-18-15-35(24-22(36)16-39-25(18)24)28(38)21(14-17(2)3)31-27(37)20-8-6-19(7-9-20)23-26(30)40-29(32-23)34-12-10-33(4)11-13-34/h1,6-9,17-18,21,24-25H,10-16H2,2-4H3,(H,31,37)/t18-,21+,24?,25-/m1/s1. The fraction of sp³-hybridized carbons (Fsp3) is 0.517. The van der Waals surface area contributed by atoms with Crippen LogP contribution < -0.4 is 10.2 Å². The van der Waals surface area contributed by atoms with Gasteiger partial charge in [-0.1, -0.05) is 43.2 Å². The van der Waals surface area contributed by atoms with Gasteiger partial charge < -0.3 is 24.8 Å². The van der Waals surface area contributed by atoms with Gasteiger partial charge in [0.2, 0.25) is 11.0 Å². The van der Waals surface area contributed by atoms with Crippen molar-refractivity contribution < 1.29 is 23.5 Å². The van der Waals surface area contributed by atoms with Crippen molar-refractivity contribution in [1.29, 1.82) is 0 Å². The van der Waals surface area contributed by atoms with Crippen LogP contribution in [0.1, 0.15) is 30.6 Å². The fourth-order valence-corrected chi connectivity index (χ4v) is 6.41. The summed E-state index contributed by atoms with van der Waals surface area (Å²) in [6.45, 7) is 7.44. The Balaban J connectivity index is 1.29. The minimum atomic E-state index is -0.833. The van der Waals surface area contributed by atoms with Crippen LogP contribution in [0.25, 0.3) is 11.3 Å².